The second-order valence-electron chi connectivity index (χ2n) is 5.44. The van der Waals surface area contributed by atoms with Crippen LogP contribution in [-0.4, -0.2) is 20.9 Å². The van der Waals surface area contributed by atoms with E-state index in [4.69, 9.17) is 11.6 Å². The predicted octanol–water partition coefficient (Wildman–Crippen LogP) is 4.05. The van der Waals surface area contributed by atoms with Gasteiger partial charge in [-0.05, 0) is 36.6 Å². The SMILES string of the molecule is CCc1nc(-c2ncccn2)sc1C(=O)NCc1c(C)cccc1Cl. The molecule has 0 aliphatic rings. The van der Waals surface area contributed by atoms with Gasteiger partial charge in [-0.25, -0.2) is 15.0 Å². The van der Waals surface area contributed by atoms with Crippen LogP contribution in [0.1, 0.15) is 33.4 Å². The van der Waals surface area contributed by atoms with E-state index in [1.165, 1.54) is 11.3 Å². The summed E-state index contributed by atoms with van der Waals surface area (Å²) in [4.78, 5) is 26.2. The van der Waals surface area contributed by atoms with E-state index in [-0.39, 0.29) is 5.91 Å². The van der Waals surface area contributed by atoms with Gasteiger partial charge in [0.2, 0.25) is 0 Å². The Bertz CT molecular complexity index is 875. The summed E-state index contributed by atoms with van der Waals surface area (Å²) in [7, 11) is 0. The molecule has 0 saturated heterocycles. The number of rotatable bonds is 5. The largest absolute Gasteiger partial charge is 0.347 e. The van der Waals surface area contributed by atoms with Crippen LogP contribution in [0.2, 0.25) is 5.02 Å². The molecule has 0 atom stereocenters. The topological polar surface area (TPSA) is 67.8 Å². The second kappa shape index (κ2) is 7.72. The fourth-order valence-electron chi connectivity index (χ4n) is 2.41. The maximum atomic E-state index is 12.6. The van der Waals surface area contributed by atoms with Crippen LogP contribution in [-0.2, 0) is 13.0 Å². The fourth-order valence-corrected chi connectivity index (χ4v) is 3.72. The molecule has 25 heavy (non-hydrogen) atoms. The Morgan fingerprint density at radius 3 is 2.68 bits per heavy atom. The molecule has 0 spiro atoms. The van der Waals surface area contributed by atoms with Crippen molar-refractivity contribution >= 4 is 28.8 Å². The van der Waals surface area contributed by atoms with E-state index < -0.39 is 0 Å². The number of carbonyl (C=O) groups is 1. The van der Waals surface area contributed by atoms with E-state index in [1.807, 2.05) is 32.0 Å². The lowest BCUT2D eigenvalue weighted by Gasteiger charge is -2.09. The number of thiazole rings is 1. The molecule has 1 amide bonds. The summed E-state index contributed by atoms with van der Waals surface area (Å²) in [6.45, 7) is 4.32. The van der Waals surface area contributed by atoms with Crippen molar-refractivity contribution in [2.45, 2.75) is 26.8 Å². The van der Waals surface area contributed by atoms with Crippen molar-refractivity contribution in [3.8, 4) is 10.8 Å². The highest BCUT2D eigenvalue weighted by Crippen LogP contribution is 2.26. The highest BCUT2D eigenvalue weighted by atomic mass is 35.5. The summed E-state index contributed by atoms with van der Waals surface area (Å²) in [5.74, 6) is 0.374. The predicted molar refractivity (Wildman–Crippen MR) is 99.9 cm³/mol. The van der Waals surface area contributed by atoms with E-state index in [2.05, 4.69) is 20.3 Å². The van der Waals surface area contributed by atoms with Crippen LogP contribution in [0.4, 0.5) is 0 Å². The van der Waals surface area contributed by atoms with Gasteiger partial charge in [0.25, 0.3) is 5.91 Å². The van der Waals surface area contributed by atoms with Crippen LogP contribution in [0.15, 0.2) is 36.7 Å². The molecule has 0 unspecified atom stereocenters. The maximum Gasteiger partial charge on any atom is 0.263 e. The van der Waals surface area contributed by atoms with E-state index >= 15 is 0 Å². The van der Waals surface area contributed by atoms with Gasteiger partial charge < -0.3 is 5.32 Å². The normalized spacial score (nSPS) is 10.7. The lowest BCUT2D eigenvalue weighted by Crippen LogP contribution is -2.23. The van der Waals surface area contributed by atoms with Gasteiger partial charge in [0, 0.05) is 24.0 Å². The molecule has 0 radical (unpaired) electrons. The Balaban J connectivity index is 1.81. The molecule has 0 bridgehead atoms. The Labute approximate surface area is 155 Å². The number of aryl methyl sites for hydroxylation is 2. The Morgan fingerprint density at radius 1 is 1.24 bits per heavy atom. The maximum absolute atomic E-state index is 12.6. The molecule has 3 aromatic rings. The highest BCUT2D eigenvalue weighted by Gasteiger charge is 2.19. The minimum absolute atomic E-state index is 0.157. The Kier molecular flexibility index (Phi) is 5.40. The zero-order chi connectivity index (χ0) is 17.8. The molecule has 3 rings (SSSR count). The van der Waals surface area contributed by atoms with Crippen LogP contribution in [0.5, 0.6) is 0 Å². The molecular weight excluding hydrogens is 356 g/mol. The minimum atomic E-state index is -0.157. The average molecular weight is 373 g/mol. The smallest absolute Gasteiger partial charge is 0.263 e. The van der Waals surface area contributed by atoms with Crippen molar-refractivity contribution in [3.63, 3.8) is 0 Å². The summed E-state index contributed by atoms with van der Waals surface area (Å²) in [6, 6.07) is 7.44. The van der Waals surface area contributed by atoms with E-state index in [9.17, 15) is 4.79 Å². The number of hydrogen-bond acceptors (Lipinski definition) is 5. The van der Waals surface area contributed by atoms with Gasteiger partial charge in [0.1, 0.15) is 4.88 Å². The summed E-state index contributed by atoms with van der Waals surface area (Å²) in [6.07, 6.45) is 3.99. The third kappa shape index (κ3) is 3.86. The van der Waals surface area contributed by atoms with E-state index in [0.717, 1.165) is 16.8 Å². The molecule has 0 aliphatic carbocycles. The van der Waals surface area contributed by atoms with Gasteiger partial charge in [0.05, 0.1) is 5.69 Å². The first kappa shape index (κ1) is 17.5. The standard InChI is InChI=1S/C18H17ClN4OS/c1-3-14-15(25-18(23-14)16-20-8-5-9-21-16)17(24)22-10-12-11(2)6-4-7-13(12)19/h4-9H,3,10H2,1-2H3,(H,22,24). The van der Waals surface area contributed by atoms with Crippen LogP contribution in [0.3, 0.4) is 0 Å². The number of halogens is 1. The molecule has 0 aliphatic heterocycles. The second-order valence-corrected chi connectivity index (χ2v) is 6.85. The molecule has 1 N–H and O–H groups in total. The Morgan fingerprint density at radius 2 is 2.00 bits per heavy atom. The third-order valence-electron chi connectivity index (χ3n) is 3.77. The van der Waals surface area contributed by atoms with Gasteiger partial charge in [-0.2, -0.15) is 0 Å². The zero-order valence-corrected chi connectivity index (χ0v) is 15.5. The molecule has 128 valence electrons. The number of benzene rings is 1. The average Bonchev–Trinajstić information content (AvgIpc) is 3.06. The van der Waals surface area contributed by atoms with Crippen molar-refractivity contribution in [1.29, 1.82) is 0 Å². The first-order chi connectivity index (χ1) is 12.1. The molecule has 1 aromatic carbocycles. The van der Waals surface area contributed by atoms with Crippen molar-refractivity contribution in [3.05, 3.63) is 63.4 Å². The van der Waals surface area contributed by atoms with E-state index in [1.54, 1.807) is 18.5 Å². The molecule has 0 saturated carbocycles. The number of nitrogens with zero attached hydrogens (tertiary/aromatic N) is 3. The van der Waals surface area contributed by atoms with Crippen LogP contribution in [0.25, 0.3) is 10.8 Å². The first-order valence-electron chi connectivity index (χ1n) is 7.89. The van der Waals surface area contributed by atoms with Crippen molar-refractivity contribution in [1.82, 2.24) is 20.3 Å². The van der Waals surface area contributed by atoms with Gasteiger partial charge in [-0.3, -0.25) is 4.79 Å². The van der Waals surface area contributed by atoms with Gasteiger partial charge in [-0.15, -0.1) is 11.3 Å². The Hall–Kier alpha value is -2.31. The van der Waals surface area contributed by atoms with Gasteiger partial charge in [0.15, 0.2) is 10.8 Å². The molecule has 7 heteroatoms. The number of carbonyl (C=O) groups excluding carboxylic acids is 1. The summed E-state index contributed by atoms with van der Waals surface area (Å²) in [5.41, 5.74) is 2.72. The summed E-state index contributed by atoms with van der Waals surface area (Å²) in [5, 5.41) is 4.24. The molecule has 0 fully saturated rings. The lowest BCUT2D eigenvalue weighted by molar-refractivity contribution is 0.0954. The number of aromatic nitrogens is 3. The lowest BCUT2D eigenvalue weighted by atomic mass is 10.1. The van der Waals surface area contributed by atoms with Gasteiger partial charge >= 0.3 is 0 Å². The number of nitrogens with one attached hydrogen (secondary N) is 1. The van der Waals surface area contributed by atoms with Crippen molar-refractivity contribution in [2.75, 3.05) is 0 Å². The molecule has 5 nitrogen and oxygen atoms in total. The molecule has 2 aromatic heterocycles. The van der Waals surface area contributed by atoms with Crippen LogP contribution < -0.4 is 5.32 Å². The van der Waals surface area contributed by atoms with E-state index in [0.29, 0.717) is 33.7 Å². The number of hydrogen-bond donors (Lipinski definition) is 1. The first-order valence-corrected chi connectivity index (χ1v) is 9.09. The quantitative estimate of drug-likeness (QED) is 0.733. The third-order valence-corrected chi connectivity index (χ3v) is 5.22. The monoisotopic (exact) mass is 372 g/mol. The zero-order valence-electron chi connectivity index (χ0n) is 13.9. The van der Waals surface area contributed by atoms with Crippen molar-refractivity contribution in [2.24, 2.45) is 0 Å². The van der Waals surface area contributed by atoms with Crippen LogP contribution in [0, 0.1) is 6.92 Å². The highest BCUT2D eigenvalue weighted by molar-refractivity contribution is 7.17. The molecule has 2 heterocycles. The van der Waals surface area contributed by atoms with Crippen molar-refractivity contribution < 1.29 is 4.79 Å². The van der Waals surface area contributed by atoms with Gasteiger partial charge in [-0.1, -0.05) is 30.7 Å². The minimum Gasteiger partial charge on any atom is -0.347 e. The fraction of sp³-hybridized carbons (Fsp3) is 0.222. The summed E-state index contributed by atoms with van der Waals surface area (Å²) >= 11 is 7.53. The molecular formula is C18H17ClN4OS. The van der Waals surface area contributed by atoms with Crippen LogP contribution >= 0.6 is 22.9 Å². The summed E-state index contributed by atoms with van der Waals surface area (Å²) < 4.78 is 0. The number of amides is 1.